The second-order valence-electron chi connectivity index (χ2n) is 7.29. The number of furan rings is 1. The number of Topliss-reactive ketones (excluding diaryl/α,β-unsaturated/α-hetero) is 1. The van der Waals surface area contributed by atoms with Gasteiger partial charge < -0.3 is 23.7 Å². The molecule has 1 fully saturated rings. The highest BCUT2D eigenvalue weighted by Crippen LogP contribution is 2.43. The molecule has 9 nitrogen and oxygen atoms in total. The van der Waals surface area contributed by atoms with E-state index in [4.69, 9.17) is 18.6 Å². The van der Waals surface area contributed by atoms with Gasteiger partial charge in [-0.05, 0) is 48.5 Å². The minimum absolute atomic E-state index is 0.0485. The molecule has 1 atom stereocenters. The number of carbonyl (C=O) groups is 3. The molecule has 33 heavy (non-hydrogen) atoms. The number of methoxy groups -OCH3 is 1. The molecule has 5 rings (SSSR count). The first-order valence-electron chi connectivity index (χ1n) is 9.92. The van der Waals surface area contributed by atoms with Crippen molar-refractivity contribution >= 4 is 29.1 Å². The van der Waals surface area contributed by atoms with Crippen molar-refractivity contribution in [2.45, 2.75) is 6.04 Å². The number of benzene rings is 2. The standard InChI is InChI=1S/C24H17NO8/c1-30-24(29)14-4-2-5-15(10-14)25-20(17-6-3-9-31-17)19(22(27)23(25)28)21(26)13-7-8-16-18(11-13)33-12-32-16/h2-11,20,26H,12H2,1H3/b21-19-. The Morgan fingerprint density at radius 1 is 1.03 bits per heavy atom. The van der Waals surface area contributed by atoms with Crippen LogP contribution < -0.4 is 14.4 Å². The van der Waals surface area contributed by atoms with E-state index >= 15 is 0 Å². The Balaban J connectivity index is 1.67. The Kier molecular flexibility index (Phi) is 4.86. The molecule has 2 aromatic carbocycles. The second kappa shape index (κ2) is 7.86. The van der Waals surface area contributed by atoms with Crippen LogP contribution in [-0.2, 0) is 14.3 Å². The van der Waals surface area contributed by atoms with E-state index in [1.54, 1.807) is 36.4 Å². The Labute approximate surface area is 187 Å². The molecule has 3 aromatic rings. The summed E-state index contributed by atoms with van der Waals surface area (Å²) in [6, 6.07) is 13.0. The molecule has 1 saturated heterocycles. The van der Waals surface area contributed by atoms with Gasteiger partial charge in [-0.1, -0.05) is 6.07 Å². The number of esters is 1. The molecular weight excluding hydrogens is 430 g/mol. The van der Waals surface area contributed by atoms with E-state index < -0.39 is 23.7 Å². The summed E-state index contributed by atoms with van der Waals surface area (Å²) >= 11 is 0. The summed E-state index contributed by atoms with van der Waals surface area (Å²) in [4.78, 5) is 39.4. The maximum absolute atomic E-state index is 13.1. The van der Waals surface area contributed by atoms with Crippen molar-refractivity contribution < 1.29 is 38.1 Å². The highest BCUT2D eigenvalue weighted by Gasteiger charge is 2.48. The molecule has 1 unspecified atom stereocenters. The number of aliphatic hydroxyl groups excluding tert-OH is 1. The van der Waals surface area contributed by atoms with Crippen LogP contribution >= 0.6 is 0 Å². The first-order valence-corrected chi connectivity index (χ1v) is 9.92. The van der Waals surface area contributed by atoms with Crippen molar-refractivity contribution in [2.75, 3.05) is 18.8 Å². The Morgan fingerprint density at radius 3 is 2.61 bits per heavy atom. The third-order valence-electron chi connectivity index (χ3n) is 5.45. The smallest absolute Gasteiger partial charge is 0.337 e. The fraction of sp³-hybridized carbons (Fsp3) is 0.125. The topological polar surface area (TPSA) is 116 Å². The monoisotopic (exact) mass is 447 g/mol. The Hall–Kier alpha value is -4.53. The third kappa shape index (κ3) is 3.30. The molecule has 0 saturated carbocycles. The number of aliphatic hydroxyl groups is 1. The maximum atomic E-state index is 13.1. The van der Waals surface area contributed by atoms with Gasteiger partial charge in [-0.2, -0.15) is 0 Å². The van der Waals surface area contributed by atoms with Crippen LogP contribution in [0.1, 0.15) is 27.7 Å². The molecule has 2 aliphatic heterocycles. The van der Waals surface area contributed by atoms with Crippen LogP contribution in [0.4, 0.5) is 5.69 Å². The fourth-order valence-corrected chi connectivity index (χ4v) is 3.91. The van der Waals surface area contributed by atoms with Gasteiger partial charge in [0.25, 0.3) is 11.7 Å². The first kappa shape index (κ1) is 20.4. The van der Waals surface area contributed by atoms with Crippen LogP contribution in [0.5, 0.6) is 11.5 Å². The molecule has 0 spiro atoms. The van der Waals surface area contributed by atoms with Crippen molar-refractivity contribution in [3.05, 3.63) is 83.3 Å². The minimum Gasteiger partial charge on any atom is -0.507 e. The predicted molar refractivity (Wildman–Crippen MR) is 114 cm³/mol. The van der Waals surface area contributed by atoms with Crippen LogP contribution in [-0.4, -0.2) is 36.7 Å². The van der Waals surface area contributed by atoms with Gasteiger partial charge in [-0.3, -0.25) is 14.5 Å². The van der Waals surface area contributed by atoms with E-state index in [1.807, 2.05) is 0 Å². The van der Waals surface area contributed by atoms with Crippen LogP contribution in [0.25, 0.3) is 5.76 Å². The van der Waals surface area contributed by atoms with E-state index in [0.29, 0.717) is 11.5 Å². The molecule has 2 aliphatic rings. The van der Waals surface area contributed by atoms with Crippen molar-refractivity contribution in [1.82, 2.24) is 0 Å². The van der Waals surface area contributed by atoms with Gasteiger partial charge in [0, 0.05) is 11.3 Å². The van der Waals surface area contributed by atoms with E-state index in [1.165, 1.54) is 36.5 Å². The largest absolute Gasteiger partial charge is 0.507 e. The molecule has 1 N–H and O–H groups in total. The number of ether oxygens (including phenoxy) is 3. The van der Waals surface area contributed by atoms with Gasteiger partial charge in [-0.15, -0.1) is 0 Å². The number of anilines is 1. The summed E-state index contributed by atoms with van der Waals surface area (Å²) < 4.78 is 20.9. The van der Waals surface area contributed by atoms with Gasteiger partial charge in [0.15, 0.2) is 11.5 Å². The summed E-state index contributed by atoms with van der Waals surface area (Å²) in [7, 11) is 1.25. The fourth-order valence-electron chi connectivity index (χ4n) is 3.91. The number of nitrogens with zero attached hydrogens (tertiary/aromatic N) is 1. The molecular formula is C24H17NO8. The van der Waals surface area contributed by atoms with Gasteiger partial charge in [0.05, 0.1) is 24.5 Å². The SMILES string of the molecule is COC(=O)c1cccc(N2C(=O)C(=O)/C(=C(\O)c3ccc4c(c3)OCO4)C2c2ccco2)c1. The lowest BCUT2D eigenvalue weighted by atomic mass is 9.99. The number of hydrogen-bond acceptors (Lipinski definition) is 8. The van der Waals surface area contributed by atoms with Crippen LogP contribution in [0, 0.1) is 0 Å². The first-order chi connectivity index (χ1) is 16.0. The van der Waals surface area contributed by atoms with Crippen molar-refractivity contribution in [1.29, 1.82) is 0 Å². The number of ketones is 1. The molecule has 1 amide bonds. The quantitative estimate of drug-likeness (QED) is 0.280. The zero-order valence-corrected chi connectivity index (χ0v) is 17.3. The molecule has 3 heterocycles. The van der Waals surface area contributed by atoms with E-state index in [9.17, 15) is 19.5 Å². The van der Waals surface area contributed by atoms with Gasteiger partial charge >= 0.3 is 5.97 Å². The summed E-state index contributed by atoms with van der Waals surface area (Å²) in [5, 5.41) is 11.1. The summed E-state index contributed by atoms with van der Waals surface area (Å²) in [6.07, 6.45) is 1.40. The zero-order valence-electron chi connectivity index (χ0n) is 17.3. The third-order valence-corrected chi connectivity index (χ3v) is 5.45. The maximum Gasteiger partial charge on any atom is 0.337 e. The van der Waals surface area contributed by atoms with Gasteiger partial charge in [-0.25, -0.2) is 4.79 Å². The lowest BCUT2D eigenvalue weighted by Crippen LogP contribution is -2.29. The number of amides is 1. The van der Waals surface area contributed by atoms with Crippen molar-refractivity contribution in [2.24, 2.45) is 0 Å². The molecule has 166 valence electrons. The summed E-state index contributed by atoms with van der Waals surface area (Å²) in [6.45, 7) is 0.0485. The van der Waals surface area contributed by atoms with Crippen molar-refractivity contribution in [3.63, 3.8) is 0 Å². The Morgan fingerprint density at radius 2 is 1.85 bits per heavy atom. The normalized spacial score (nSPS) is 18.6. The number of rotatable bonds is 4. The second-order valence-corrected chi connectivity index (χ2v) is 7.29. The summed E-state index contributed by atoms with van der Waals surface area (Å²) in [5.74, 6) is -1.57. The van der Waals surface area contributed by atoms with E-state index in [-0.39, 0.29) is 40.7 Å². The number of fused-ring (bicyclic) bond motifs is 1. The zero-order chi connectivity index (χ0) is 23.1. The highest BCUT2D eigenvalue weighted by atomic mass is 16.7. The van der Waals surface area contributed by atoms with Crippen LogP contribution in [0.3, 0.4) is 0 Å². The van der Waals surface area contributed by atoms with Gasteiger partial charge in [0.1, 0.15) is 17.6 Å². The molecule has 1 aromatic heterocycles. The average molecular weight is 447 g/mol. The lowest BCUT2D eigenvalue weighted by molar-refractivity contribution is -0.132. The number of carbonyl (C=O) groups excluding carboxylic acids is 3. The van der Waals surface area contributed by atoms with Crippen LogP contribution in [0.2, 0.25) is 0 Å². The summed E-state index contributed by atoms with van der Waals surface area (Å²) in [5.41, 5.74) is 0.589. The van der Waals surface area contributed by atoms with Crippen molar-refractivity contribution in [3.8, 4) is 11.5 Å². The molecule has 0 aliphatic carbocycles. The average Bonchev–Trinajstić information content (AvgIpc) is 3.58. The van der Waals surface area contributed by atoms with Gasteiger partial charge in [0.2, 0.25) is 6.79 Å². The molecule has 0 bridgehead atoms. The van der Waals surface area contributed by atoms with E-state index in [2.05, 4.69) is 0 Å². The predicted octanol–water partition coefficient (Wildman–Crippen LogP) is 3.42. The highest BCUT2D eigenvalue weighted by molar-refractivity contribution is 6.51. The lowest BCUT2D eigenvalue weighted by Gasteiger charge is -2.23. The van der Waals surface area contributed by atoms with Crippen LogP contribution in [0.15, 0.2) is 70.9 Å². The minimum atomic E-state index is -1.06. The number of hydrogen-bond donors (Lipinski definition) is 1. The Bertz CT molecular complexity index is 1310. The molecule has 9 heteroatoms. The molecule has 0 radical (unpaired) electrons. The van der Waals surface area contributed by atoms with E-state index in [0.717, 1.165) is 0 Å².